The molecule has 1 atom stereocenters. The van der Waals surface area contributed by atoms with E-state index in [0.29, 0.717) is 11.9 Å². The van der Waals surface area contributed by atoms with Gasteiger partial charge in [-0.25, -0.2) is 0 Å². The van der Waals surface area contributed by atoms with E-state index < -0.39 is 0 Å². The van der Waals surface area contributed by atoms with Crippen molar-refractivity contribution in [3.63, 3.8) is 0 Å². The lowest BCUT2D eigenvalue weighted by atomic mass is 9.60. The third-order valence-electron chi connectivity index (χ3n) is 4.22. The highest BCUT2D eigenvalue weighted by Crippen LogP contribution is 2.47. The molecule has 1 heterocycles. The average molecular weight is 181 g/mol. The average Bonchev–Trinajstić information content (AvgIpc) is 2.03. The summed E-state index contributed by atoms with van der Waals surface area (Å²) in [6.07, 6.45) is 6.03. The predicted molar refractivity (Wildman–Crippen MR) is 52.3 cm³/mol. The molecule has 1 saturated carbocycles. The molecule has 2 nitrogen and oxygen atoms in total. The summed E-state index contributed by atoms with van der Waals surface area (Å²) in [7, 11) is 0. The van der Waals surface area contributed by atoms with Crippen LogP contribution in [-0.4, -0.2) is 11.9 Å². The number of nitrogens with one attached hydrogen (secondary N) is 1. The summed E-state index contributed by atoms with van der Waals surface area (Å²) in [6, 6.07) is 0.503. The van der Waals surface area contributed by atoms with Crippen LogP contribution in [0.1, 0.15) is 46.0 Å². The van der Waals surface area contributed by atoms with Gasteiger partial charge >= 0.3 is 0 Å². The Morgan fingerprint density at radius 3 is 2.31 bits per heavy atom. The van der Waals surface area contributed by atoms with Crippen molar-refractivity contribution in [2.75, 3.05) is 0 Å². The first-order chi connectivity index (χ1) is 6.24. The monoisotopic (exact) mass is 181 g/mol. The Balaban J connectivity index is 2.08. The summed E-state index contributed by atoms with van der Waals surface area (Å²) >= 11 is 0. The van der Waals surface area contributed by atoms with Crippen molar-refractivity contribution < 1.29 is 4.79 Å². The predicted octanol–water partition coefficient (Wildman–Crippen LogP) is 2.09. The van der Waals surface area contributed by atoms with E-state index in [1.165, 1.54) is 19.3 Å². The maximum atomic E-state index is 11.6. The number of hydrogen-bond acceptors (Lipinski definition) is 1. The van der Waals surface area contributed by atoms with Crippen LogP contribution >= 0.6 is 0 Å². The summed E-state index contributed by atoms with van der Waals surface area (Å²) in [4.78, 5) is 11.6. The molecule has 74 valence electrons. The summed E-state index contributed by atoms with van der Waals surface area (Å²) in [5.41, 5.74) is 0.00505. The number of hydrogen-bond donors (Lipinski definition) is 1. The van der Waals surface area contributed by atoms with Crippen LogP contribution in [0.15, 0.2) is 0 Å². The minimum Gasteiger partial charge on any atom is -0.351 e. The summed E-state index contributed by atoms with van der Waals surface area (Å²) in [5, 5.41) is 3.10. The molecule has 2 aliphatic rings. The summed E-state index contributed by atoms with van der Waals surface area (Å²) in [6.45, 7) is 4.29. The largest absolute Gasteiger partial charge is 0.351 e. The molecule has 0 radical (unpaired) electrons. The highest BCUT2D eigenvalue weighted by atomic mass is 16.2. The van der Waals surface area contributed by atoms with Crippen LogP contribution < -0.4 is 5.32 Å². The molecule has 0 spiro atoms. The van der Waals surface area contributed by atoms with E-state index in [4.69, 9.17) is 0 Å². The summed E-state index contributed by atoms with van der Waals surface area (Å²) in [5.74, 6) is 1.09. The van der Waals surface area contributed by atoms with Crippen molar-refractivity contribution in [3.8, 4) is 0 Å². The fourth-order valence-electron chi connectivity index (χ4n) is 2.84. The molecule has 1 N–H and O–H groups in total. The van der Waals surface area contributed by atoms with Crippen molar-refractivity contribution in [3.05, 3.63) is 0 Å². The molecule has 0 aromatic heterocycles. The zero-order valence-electron chi connectivity index (χ0n) is 8.60. The van der Waals surface area contributed by atoms with Gasteiger partial charge in [-0.3, -0.25) is 4.79 Å². The second kappa shape index (κ2) is 3.00. The SMILES string of the molecule is CCC1(CC)C(=O)NC1C1CCC1. The first kappa shape index (κ1) is 9.04. The molecular weight excluding hydrogens is 162 g/mol. The number of carbonyl (C=O) groups excluding carboxylic acids is 1. The maximum Gasteiger partial charge on any atom is 0.228 e. The molecule has 0 aromatic rings. The molecule has 1 unspecified atom stereocenters. The molecule has 0 bridgehead atoms. The van der Waals surface area contributed by atoms with Gasteiger partial charge in [-0.15, -0.1) is 0 Å². The summed E-state index contributed by atoms with van der Waals surface area (Å²) < 4.78 is 0. The van der Waals surface area contributed by atoms with Crippen LogP contribution in [0.25, 0.3) is 0 Å². The number of carbonyl (C=O) groups is 1. The lowest BCUT2D eigenvalue weighted by Gasteiger charge is -2.53. The highest BCUT2D eigenvalue weighted by molar-refractivity contribution is 5.90. The van der Waals surface area contributed by atoms with Crippen LogP contribution in [0, 0.1) is 11.3 Å². The number of amides is 1. The molecule has 2 rings (SSSR count). The van der Waals surface area contributed by atoms with Crippen molar-refractivity contribution in [1.82, 2.24) is 5.32 Å². The third kappa shape index (κ3) is 1.04. The number of β-lactam (4-membered cyclic amide) rings is 1. The molecule has 0 aromatic carbocycles. The first-order valence-corrected chi connectivity index (χ1v) is 5.55. The second-order valence-electron chi connectivity index (χ2n) is 4.51. The standard InChI is InChI=1S/C11H19NO/c1-3-11(4-2)9(12-10(11)13)8-6-5-7-8/h8-9H,3-7H2,1-2H3,(H,12,13). The van der Waals surface area contributed by atoms with Gasteiger partial charge in [0.25, 0.3) is 0 Å². The number of rotatable bonds is 3. The van der Waals surface area contributed by atoms with Gasteiger partial charge in [0.05, 0.1) is 5.41 Å². The van der Waals surface area contributed by atoms with Gasteiger partial charge in [0.2, 0.25) is 5.91 Å². The van der Waals surface area contributed by atoms with E-state index in [1.54, 1.807) is 0 Å². The third-order valence-corrected chi connectivity index (χ3v) is 4.22. The molecule has 2 fully saturated rings. The Kier molecular flexibility index (Phi) is 2.09. The van der Waals surface area contributed by atoms with Gasteiger partial charge in [0.15, 0.2) is 0 Å². The lowest BCUT2D eigenvalue weighted by Crippen LogP contribution is -2.70. The van der Waals surface area contributed by atoms with Crippen molar-refractivity contribution in [2.24, 2.45) is 11.3 Å². The fourth-order valence-corrected chi connectivity index (χ4v) is 2.84. The van der Waals surface area contributed by atoms with Gasteiger partial charge in [-0.2, -0.15) is 0 Å². The Bertz CT molecular complexity index is 216. The van der Waals surface area contributed by atoms with Crippen LogP contribution in [0.4, 0.5) is 0 Å². The van der Waals surface area contributed by atoms with Crippen molar-refractivity contribution in [2.45, 2.75) is 52.0 Å². The van der Waals surface area contributed by atoms with Crippen molar-refractivity contribution in [1.29, 1.82) is 0 Å². The van der Waals surface area contributed by atoms with Crippen molar-refractivity contribution >= 4 is 5.91 Å². The molecule has 1 aliphatic heterocycles. The second-order valence-corrected chi connectivity index (χ2v) is 4.51. The quantitative estimate of drug-likeness (QED) is 0.664. The molecular formula is C11H19NO. The zero-order valence-corrected chi connectivity index (χ0v) is 8.60. The van der Waals surface area contributed by atoms with Crippen LogP contribution in [-0.2, 0) is 4.79 Å². The first-order valence-electron chi connectivity index (χ1n) is 5.55. The van der Waals surface area contributed by atoms with Gasteiger partial charge < -0.3 is 5.32 Å². The van der Waals surface area contributed by atoms with E-state index in [1.807, 2.05) is 0 Å². The molecule has 13 heavy (non-hydrogen) atoms. The van der Waals surface area contributed by atoms with E-state index in [2.05, 4.69) is 19.2 Å². The molecule has 1 saturated heterocycles. The minimum atomic E-state index is 0.00505. The maximum absolute atomic E-state index is 11.6. The normalized spacial score (nSPS) is 31.8. The van der Waals surface area contributed by atoms with E-state index >= 15 is 0 Å². The van der Waals surface area contributed by atoms with Gasteiger partial charge in [-0.05, 0) is 31.6 Å². The molecule has 1 amide bonds. The van der Waals surface area contributed by atoms with Gasteiger partial charge in [-0.1, -0.05) is 20.3 Å². The van der Waals surface area contributed by atoms with E-state index in [-0.39, 0.29) is 5.41 Å². The van der Waals surface area contributed by atoms with Crippen LogP contribution in [0.3, 0.4) is 0 Å². The van der Waals surface area contributed by atoms with Gasteiger partial charge in [0, 0.05) is 6.04 Å². The highest BCUT2D eigenvalue weighted by Gasteiger charge is 2.55. The Labute approximate surface area is 80.1 Å². The molecule has 2 heteroatoms. The van der Waals surface area contributed by atoms with Gasteiger partial charge in [0.1, 0.15) is 0 Å². The van der Waals surface area contributed by atoms with Crippen LogP contribution in [0.2, 0.25) is 0 Å². The smallest absolute Gasteiger partial charge is 0.228 e. The van der Waals surface area contributed by atoms with Crippen LogP contribution in [0.5, 0.6) is 0 Å². The zero-order chi connectivity index (χ0) is 9.47. The van der Waals surface area contributed by atoms with E-state index in [0.717, 1.165) is 18.8 Å². The van der Waals surface area contributed by atoms with E-state index in [9.17, 15) is 4.79 Å². The Hall–Kier alpha value is -0.530. The minimum absolute atomic E-state index is 0.00505. The fraction of sp³-hybridized carbons (Fsp3) is 0.909. The Morgan fingerprint density at radius 1 is 1.38 bits per heavy atom. The Morgan fingerprint density at radius 2 is 2.00 bits per heavy atom. The topological polar surface area (TPSA) is 29.1 Å². The lowest BCUT2D eigenvalue weighted by molar-refractivity contribution is -0.151. The molecule has 1 aliphatic carbocycles.